The first-order chi connectivity index (χ1) is 15.5. The van der Waals surface area contributed by atoms with Crippen molar-refractivity contribution in [2.24, 2.45) is 0 Å². The summed E-state index contributed by atoms with van der Waals surface area (Å²) in [6, 6.07) is 11.2. The fourth-order valence-corrected chi connectivity index (χ4v) is 4.88. The standard InChI is InChI=1S/C24H28ClN3O3S/c1-17-4-9-21-23(18(17)2)26-24(32-21)28(11-3-10-27-12-14-30-15-13-27)22(29)16-31-20-7-5-19(25)6-8-20/h4-9H,3,10-16H2,1-2H3. The number of nitrogens with zero attached hydrogens (tertiary/aromatic N) is 3. The van der Waals surface area contributed by atoms with E-state index < -0.39 is 0 Å². The minimum absolute atomic E-state index is 0.0485. The van der Waals surface area contributed by atoms with E-state index in [9.17, 15) is 4.79 Å². The lowest BCUT2D eigenvalue weighted by Gasteiger charge is -2.27. The number of amides is 1. The zero-order valence-corrected chi connectivity index (χ0v) is 20.0. The highest BCUT2D eigenvalue weighted by Crippen LogP contribution is 2.32. The van der Waals surface area contributed by atoms with Gasteiger partial charge in [0.2, 0.25) is 0 Å². The molecule has 1 saturated heterocycles. The molecule has 1 aliphatic heterocycles. The van der Waals surface area contributed by atoms with Crippen molar-refractivity contribution in [1.29, 1.82) is 0 Å². The van der Waals surface area contributed by atoms with Gasteiger partial charge in [-0.1, -0.05) is 29.0 Å². The van der Waals surface area contributed by atoms with Crippen molar-refractivity contribution in [2.45, 2.75) is 20.3 Å². The van der Waals surface area contributed by atoms with Crippen molar-refractivity contribution < 1.29 is 14.3 Å². The third-order valence-corrected chi connectivity index (χ3v) is 7.04. The number of morpholine rings is 1. The Balaban J connectivity index is 1.49. The van der Waals surface area contributed by atoms with Gasteiger partial charge in [0.1, 0.15) is 5.75 Å². The summed E-state index contributed by atoms with van der Waals surface area (Å²) >= 11 is 7.49. The van der Waals surface area contributed by atoms with Crippen LogP contribution < -0.4 is 9.64 Å². The first kappa shape index (κ1) is 23.0. The van der Waals surface area contributed by atoms with Gasteiger partial charge < -0.3 is 9.47 Å². The summed E-state index contributed by atoms with van der Waals surface area (Å²) in [6.07, 6.45) is 0.862. The van der Waals surface area contributed by atoms with Gasteiger partial charge in [-0.05, 0) is 61.7 Å². The minimum Gasteiger partial charge on any atom is -0.484 e. The Hall–Kier alpha value is -2.19. The quantitative estimate of drug-likeness (QED) is 0.474. The number of carbonyl (C=O) groups excluding carboxylic acids is 1. The Bertz CT molecular complexity index is 1060. The van der Waals surface area contributed by atoms with Crippen LogP contribution in [-0.4, -0.2) is 61.8 Å². The third kappa shape index (κ3) is 5.59. The summed E-state index contributed by atoms with van der Waals surface area (Å²) < 4.78 is 12.3. The number of hydrogen-bond donors (Lipinski definition) is 0. The lowest BCUT2D eigenvalue weighted by molar-refractivity contribution is -0.120. The fraction of sp³-hybridized carbons (Fsp3) is 0.417. The highest BCUT2D eigenvalue weighted by atomic mass is 35.5. The molecular formula is C24H28ClN3O3S. The molecule has 0 N–H and O–H groups in total. The van der Waals surface area contributed by atoms with Crippen LogP contribution in [0.5, 0.6) is 5.75 Å². The molecule has 6 nitrogen and oxygen atoms in total. The van der Waals surface area contributed by atoms with Crippen LogP contribution in [0.25, 0.3) is 10.2 Å². The average Bonchev–Trinajstić information content (AvgIpc) is 3.24. The van der Waals surface area contributed by atoms with E-state index >= 15 is 0 Å². The van der Waals surface area contributed by atoms with Crippen molar-refractivity contribution in [2.75, 3.05) is 50.9 Å². The predicted molar refractivity (Wildman–Crippen MR) is 130 cm³/mol. The van der Waals surface area contributed by atoms with Crippen molar-refractivity contribution in [1.82, 2.24) is 9.88 Å². The molecule has 1 aliphatic rings. The Morgan fingerprint density at radius 1 is 1.19 bits per heavy atom. The Morgan fingerprint density at radius 2 is 1.94 bits per heavy atom. The number of ether oxygens (including phenoxy) is 2. The van der Waals surface area contributed by atoms with E-state index in [0.29, 0.717) is 17.3 Å². The van der Waals surface area contributed by atoms with Crippen LogP contribution in [0.15, 0.2) is 36.4 Å². The monoisotopic (exact) mass is 473 g/mol. The van der Waals surface area contributed by atoms with Crippen molar-refractivity contribution in [3.05, 3.63) is 52.5 Å². The first-order valence-corrected chi connectivity index (χ1v) is 12.1. The zero-order valence-electron chi connectivity index (χ0n) is 18.5. The van der Waals surface area contributed by atoms with E-state index in [-0.39, 0.29) is 12.5 Å². The number of aryl methyl sites for hydroxylation is 2. The molecule has 0 unspecified atom stereocenters. The van der Waals surface area contributed by atoms with Gasteiger partial charge in [-0.2, -0.15) is 0 Å². The van der Waals surface area contributed by atoms with E-state index in [1.54, 1.807) is 40.5 Å². The minimum atomic E-state index is -0.102. The van der Waals surface area contributed by atoms with Crippen molar-refractivity contribution in [3.8, 4) is 5.75 Å². The summed E-state index contributed by atoms with van der Waals surface area (Å²) in [5.41, 5.74) is 3.32. The molecule has 0 spiro atoms. The lowest BCUT2D eigenvalue weighted by atomic mass is 10.1. The molecule has 1 amide bonds. The number of benzene rings is 2. The molecule has 3 aromatic rings. The summed E-state index contributed by atoms with van der Waals surface area (Å²) in [5, 5.41) is 1.36. The first-order valence-electron chi connectivity index (χ1n) is 10.9. The summed E-state index contributed by atoms with van der Waals surface area (Å²) in [5.74, 6) is 0.516. The Morgan fingerprint density at radius 3 is 2.69 bits per heavy atom. The molecular weight excluding hydrogens is 446 g/mol. The summed E-state index contributed by atoms with van der Waals surface area (Å²) in [7, 11) is 0. The number of anilines is 1. The molecule has 2 aromatic carbocycles. The predicted octanol–water partition coefficient (Wildman–Crippen LogP) is 4.70. The topological polar surface area (TPSA) is 54.9 Å². The normalized spacial score (nSPS) is 14.6. The highest BCUT2D eigenvalue weighted by molar-refractivity contribution is 7.22. The van der Waals surface area contributed by atoms with E-state index in [1.807, 2.05) is 0 Å². The molecule has 170 valence electrons. The second-order valence-corrected chi connectivity index (χ2v) is 9.39. The Labute approximate surface area is 197 Å². The molecule has 32 heavy (non-hydrogen) atoms. The molecule has 0 saturated carbocycles. The summed E-state index contributed by atoms with van der Waals surface area (Å²) in [4.78, 5) is 22.2. The van der Waals surface area contributed by atoms with Gasteiger partial charge in [0.25, 0.3) is 5.91 Å². The van der Waals surface area contributed by atoms with Crippen LogP contribution >= 0.6 is 22.9 Å². The van der Waals surface area contributed by atoms with Crippen LogP contribution in [0.2, 0.25) is 5.02 Å². The fourth-order valence-electron chi connectivity index (χ4n) is 3.69. The molecule has 0 atom stereocenters. The highest BCUT2D eigenvalue weighted by Gasteiger charge is 2.22. The number of thiazole rings is 1. The molecule has 2 heterocycles. The van der Waals surface area contributed by atoms with Gasteiger partial charge in [-0.3, -0.25) is 14.6 Å². The second-order valence-electron chi connectivity index (χ2n) is 7.95. The lowest BCUT2D eigenvalue weighted by Crippen LogP contribution is -2.40. The van der Waals surface area contributed by atoms with Gasteiger partial charge >= 0.3 is 0 Å². The Kier molecular flexibility index (Phi) is 7.63. The zero-order chi connectivity index (χ0) is 22.5. The van der Waals surface area contributed by atoms with E-state index in [4.69, 9.17) is 26.1 Å². The number of aromatic nitrogens is 1. The van der Waals surface area contributed by atoms with Gasteiger partial charge in [-0.15, -0.1) is 0 Å². The molecule has 1 aromatic heterocycles. The van der Waals surface area contributed by atoms with Crippen LogP contribution in [0.3, 0.4) is 0 Å². The van der Waals surface area contributed by atoms with E-state index in [1.165, 1.54) is 5.56 Å². The number of rotatable bonds is 8. The maximum atomic E-state index is 13.2. The molecule has 0 bridgehead atoms. The molecule has 1 fully saturated rings. The maximum absolute atomic E-state index is 13.2. The molecule has 8 heteroatoms. The van der Waals surface area contributed by atoms with Crippen LogP contribution in [0.1, 0.15) is 17.5 Å². The van der Waals surface area contributed by atoms with Gasteiger partial charge in [-0.25, -0.2) is 4.98 Å². The summed E-state index contributed by atoms with van der Waals surface area (Å²) in [6.45, 7) is 9.05. The van der Waals surface area contributed by atoms with Gasteiger partial charge in [0, 0.05) is 31.2 Å². The second kappa shape index (κ2) is 10.6. The van der Waals surface area contributed by atoms with Gasteiger partial charge in [0.05, 0.1) is 23.4 Å². The average molecular weight is 474 g/mol. The molecule has 0 radical (unpaired) electrons. The van der Waals surface area contributed by atoms with Crippen molar-refractivity contribution in [3.63, 3.8) is 0 Å². The number of fused-ring (bicyclic) bond motifs is 1. The van der Waals surface area contributed by atoms with E-state index in [2.05, 4.69) is 30.9 Å². The van der Waals surface area contributed by atoms with Crippen LogP contribution in [-0.2, 0) is 9.53 Å². The smallest absolute Gasteiger partial charge is 0.266 e. The maximum Gasteiger partial charge on any atom is 0.266 e. The van der Waals surface area contributed by atoms with Crippen molar-refractivity contribution >= 4 is 44.2 Å². The van der Waals surface area contributed by atoms with E-state index in [0.717, 1.165) is 60.2 Å². The SMILES string of the molecule is Cc1ccc2sc(N(CCCN3CCOCC3)C(=O)COc3ccc(Cl)cc3)nc2c1C. The molecule has 0 aliphatic carbocycles. The number of hydrogen-bond acceptors (Lipinski definition) is 6. The third-order valence-electron chi connectivity index (χ3n) is 5.74. The number of carbonyl (C=O) groups is 1. The van der Waals surface area contributed by atoms with Gasteiger partial charge in [0.15, 0.2) is 11.7 Å². The molecule has 4 rings (SSSR count). The van der Waals surface area contributed by atoms with Crippen LogP contribution in [0, 0.1) is 13.8 Å². The number of halogens is 1. The van der Waals surface area contributed by atoms with Crippen LogP contribution in [0.4, 0.5) is 5.13 Å². The largest absolute Gasteiger partial charge is 0.484 e.